The minimum atomic E-state index is 0.207. The fraction of sp³-hybridized carbons (Fsp3) is 0.522. The highest BCUT2D eigenvalue weighted by Crippen LogP contribution is 2.33. The van der Waals surface area contributed by atoms with E-state index in [-0.39, 0.29) is 5.78 Å². The largest absolute Gasteiger partial charge is 0.486 e. The van der Waals surface area contributed by atoms with Crippen molar-refractivity contribution in [1.29, 1.82) is 0 Å². The number of ketones is 1. The van der Waals surface area contributed by atoms with Crippen molar-refractivity contribution < 1.29 is 14.3 Å². The fourth-order valence-corrected chi connectivity index (χ4v) is 4.82. The summed E-state index contributed by atoms with van der Waals surface area (Å²) in [5, 5.41) is 0. The lowest BCUT2D eigenvalue weighted by atomic mass is 9.91. The number of aromatic nitrogens is 1. The van der Waals surface area contributed by atoms with Crippen LogP contribution in [0.5, 0.6) is 11.5 Å². The molecule has 4 rings (SSSR count). The van der Waals surface area contributed by atoms with Crippen LogP contribution < -0.4 is 9.47 Å². The number of benzene rings is 1. The molecule has 2 aliphatic heterocycles. The minimum absolute atomic E-state index is 0.207. The lowest BCUT2D eigenvalue weighted by Gasteiger charge is -2.34. The van der Waals surface area contributed by atoms with Gasteiger partial charge in [0.25, 0.3) is 0 Å². The van der Waals surface area contributed by atoms with Crippen molar-refractivity contribution in [2.24, 2.45) is 11.8 Å². The number of aryl methyl sites for hydroxylation is 1. The van der Waals surface area contributed by atoms with E-state index in [9.17, 15) is 4.79 Å². The summed E-state index contributed by atoms with van der Waals surface area (Å²) >= 11 is 0. The summed E-state index contributed by atoms with van der Waals surface area (Å²) in [7, 11) is 0. The molecule has 0 spiro atoms. The molecule has 28 heavy (non-hydrogen) atoms. The second-order valence-electron chi connectivity index (χ2n) is 8.51. The van der Waals surface area contributed by atoms with Crippen LogP contribution in [-0.2, 0) is 0 Å². The van der Waals surface area contributed by atoms with Crippen molar-refractivity contribution >= 4 is 5.78 Å². The van der Waals surface area contributed by atoms with E-state index in [2.05, 4.69) is 23.3 Å². The molecule has 0 N–H and O–H groups in total. The molecule has 0 saturated carbocycles. The maximum Gasteiger partial charge on any atom is 0.178 e. The molecule has 150 valence electrons. The SMILES string of the molecule is Cc1cc(C(=O)CN2CC(C)CC(C)C2)c(C)n1-c1ccc2c(c1)OCCO2. The number of fused-ring (bicyclic) bond motifs is 1. The molecule has 0 aliphatic carbocycles. The molecular formula is C23H30N2O3. The highest BCUT2D eigenvalue weighted by molar-refractivity contribution is 5.99. The molecular weight excluding hydrogens is 352 g/mol. The minimum Gasteiger partial charge on any atom is -0.486 e. The first kappa shape index (κ1) is 19.1. The van der Waals surface area contributed by atoms with Gasteiger partial charge in [0.05, 0.1) is 6.54 Å². The van der Waals surface area contributed by atoms with Crippen molar-refractivity contribution in [3.05, 3.63) is 41.2 Å². The van der Waals surface area contributed by atoms with Gasteiger partial charge >= 0.3 is 0 Å². The Bertz CT molecular complexity index is 876. The number of piperidine rings is 1. The number of hydrogen-bond donors (Lipinski definition) is 0. The van der Waals surface area contributed by atoms with E-state index in [0.717, 1.165) is 47.2 Å². The fourth-order valence-electron chi connectivity index (χ4n) is 4.82. The Morgan fingerprint density at radius 1 is 1.04 bits per heavy atom. The normalized spacial score (nSPS) is 22.3. The van der Waals surface area contributed by atoms with Crippen molar-refractivity contribution in [2.45, 2.75) is 34.1 Å². The zero-order valence-corrected chi connectivity index (χ0v) is 17.3. The van der Waals surface area contributed by atoms with Gasteiger partial charge in [0.1, 0.15) is 13.2 Å². The lowest BCUT2D eigenvalue weighted by molar-refractivity contribution is 0.0849. The van der Waals surface area contributed by atoms with Crippen LogP contribution in [0.1, 0.15) is 42.0 Å². The van der Waals surface area contributed by atoms with Crippen LogP contribution >= 0.6 is 0 Å². The molecule has 2 atom stereocenters. The molecule has 1 aromatic carbocycles. The molecule has 0 bridgehead atoms. The summed E-state index contributed by atoms with van der Waals surface area (Å²) in [5.41, 5.74) is 3.85. The van der Waals surface area contributed by atoms with Crippen LogP contribution in [0, 0.1) is 25.7 Å². The molecule has 5 nitrogen and oxygen atoms in total. The van der Waals surface area contributed by atoms with Gasteiger partial charge in [-0.05, 0) is 50.3 Å². The van der Waals surface area contributed by atoms with Gasteiger partial charge in [-0.25, -0.2) is 0 Å². The van der Waals surface area contributed by atoms with E-state index in [0.29, 0.717) is 31.6 Å². The smallest absolute Gasteiger partial charge is 0.178 e. The van der Waals surface area contributed by atoms with E-state index in [4.69, 9.17) is 9.47 Å². The maximum absolute atomic E-state index is 13.1. The number of ether oxygens (including phenoxy) is 2. The number of carbonyl (C=O) groups is 1. The van der Waals surface area contributed by atoms with Gasteiger partial charge < -0.3 is 14.0 Å². The van der Waals surface area contributed by atoms with Crippen molar-refractivity contribution in [3.63, 3.8) is 0 Å². The average molecular weight is 383 g/mol. The van der Waals surface area contributed by atoms with Crippen LogP contribution in [-0.4, -0.2) is 48.1 Å². The highest BCUT2D eigenvalue weighted by atomic mass is 16.6. The third-order valence-electron chi connectivity index (χ3n) is 5.83. The summed E-state index contributed by atoms with van der Waals surface area (Å²) in [6, 6.07) is 7.98. The number of Topliss-reactive ketones (excluding diaryl/α,β-unsaturated/α-hetero) is 1. The number of nitrogens with zero attached hydrogens (tertiary/aromatic N) is 2. The van der Waals surface area contributed by atoms with Crippen LogP contribution in [0.15, 0.2) is 24.3 Å². The topological polar surface area (TPSA) is 43.7 Å². The van der Waals surface area contributed by atoms with Crippen LogP contribution in [0.4, 0.5) is 0 Å². The molecule has 2 aromatic rings. The van der Waals surface area contributed by atoms with Gasteiger partial charge in [-0.1, -0.05) is 13.8 Å². The Balaban J connectivity index is 1.58. The van der Waals surface area contributed by atoms with E-state index < -0.39 is 0 Å². The van der Waals surface area contributed by atoms with Gasteiger partial charge in [0.15, 0.2) is 17.3 Å². The Hall–Kier alpha value is -2.27. The average Bonchev–Trinajstić information content (AvgIpc) is 2.95. The number of carbonyl (C=O) groups excluding carboxylic acids is 1. The first-order chi connectivity index (χ1) is 13.4. The number of likely N-dealkylation sites (tertiary alicyclic amines) is 1. The predicted octanol–water partition coefficient (Wildman–Crippen LogP) is 4.03. The zero-order valence-electron chi connectivity index (χ0n) is 17.3. The monoisotopic (exact) mass is 382 g/mol. The van der Waals surface area contributed by atoms with Gasteiger partial charge in [-0.15, -0.1) is 0 Å². The molecule has 1 fully saturated rings. The Morgan fingerprint density at radius 3 is 2.43 bits per heavy atom. The molecule has 1 aromatic heterocycles. The van der Waals surface area contributed by atoms with E-state index in [1.807, 2.05) is 38.1 Å². The number of hydrogen-bond acceptors (Lipinski definition) is 4. The van der Waals surface area contributed by atoms with Crippen molar-refractivity contribution in [3.8, 4) is 17.2 Å². The second kappa shape index (κ2) is 7.63. The van der Waals surface area contributed by atoms with E-state index >= 15 is 0 Å². The standard InChI is InChI=1S/C23H30N2O3/c1-15-9-16(2)13-24(12-15)14-21(26)20-10-17(3)25(18(20)4)19-5-6-22-23(11-19)28-8-7-27-22/h5-6,10-11,15-16H,7-9,12-14H2,1-4H3. The zero-order chi connectivity index (χ0) is 19.8. The van der Waals surface area contributed by atoms with Crippen LogP contribution in [0.2, 0.25) is 0 Å². The Kier molecular flexibility index (Phi) is 5.19. The molecule has 5 heteroatoms. The summed E-state index contributed by atoms with van der Waals surface area (Å²) in [5.74, 6) is 3.06. The summed E-state index contributed by atoms with van der Waals surface area (Å²) in [6.07, 6.45) is 1.25. The van der Waals surface area contributed by atoms with Gasteiger partial charge in [-0.3, -0.25) is 9.69 Å². The Labute approximate surface area is 167 Å². The third-order valence-corrected chi connectivity index (χ3v) is 5.83. The van der Waals surface area contributed by atoms with Crippen molar-refractivity contribution in [2.75, 3.05) is 32.8 Å². The first-order valence-corrected chi connectivity index (χ1v) is 10.3. The maximum atomic E-state index is 13.1. The highest BCUT2D eigenvalue weighted by Gasteiger charge is 2.25. The molecule has 2 unspecified atom stereocenters. The second-order valence-corrected chi connectivity index (χ2v) is 8.51. The molecule has 0 amide bonds. The summed E-state index contributed by atoms with van der Waals surface area (Å²) in [6.45, 7) is 12.3. The van der Waals surface area contributed by atoms with Gasteiger partial charge in [0, 0.05) is 41.8 Å². The van der Waals surface area contributed by atoms with Crippen molar-refractivity contribution in [1.82, 2.24) is 9.47 Å². The lowest BCUT2D eigenvalue weighted by Crippen LogP contribution is -2.41. The van der Waals surface area contributed by atoms with Crippen LogP contribution in [0.25, 0.3) is 5.69 Å². The summed E-state index contributed by atoms with van der Waals surface area (Å²) < 4.78 is 13.5. The van der Waals surface area contributed by atoms with Gasteiger partial charge in [-0.2, -0.15) is 0 Å². The Morgan fingerprint density at radius 2 is 1.71 bits per heavy atom. The summed E-state index contributed by atoms with van der Waals surface area (Å²) in [4.78, 5) is 15.4. The quantitative estimate of drug-likeness (QED) is 0.749. The van der Waals surface area contributed by atoms with E-state index in [1.165, 1.54) is 6.42 Å². The third kappa shape index (κ3) is 3.68. The van der Waals surface area contributed by atoms with Crippen LogP contribution in [0.3, 0.4) is 0 Å². The van der Waals surface area contributed by atoms with Gasteiger partial charge in [0.2, 0.25) is 0 Å². The molecule has 3 heterocycles. The molecule has 1 saturated heterocycles. The van der Waals surface area contributed by atoms with E-state index in [1.54, 1.807) is 0 Å². The molecule has 0 radical (unpaired) electrons. The molecule has 2 aliphatic rings. The predicted molar refractivity (Wildman–Crippen MR) is 110 cm³/mol. The number of rotatable bonds is 4. The first-order valence-electron chi connectivity index (χ1n) is 10.3.